The molecule has 0 N–H and O–H groups in total. The van der Waals surface area contributed by atoms with Gasteiger partial charge in [0.2, 0.25) is 0 Å². The van der Waals surface area contributed by atoms with Crippen LogP contribution in [0, 0.1) is 0 Å². The van der Waals surface area contributed by atoms with Gasteiger partial charge in [0.15, 0.2) is 6.29 Å². The van der Waals surface area contributed by atoms with Crippen molar-refractivity contribution in [2.24, 2.45) is 0 Å². The molecule has 2 rings (SSSR count). The minimum atomic E-state index is 0.518. The van der Waals surface area contributed by atoms with E-state index in [9.17, 15) is 9.59 Å². The molecule has 0 atom stereocenters. The molecule has 0 amide bonds. The van der Waals surface area contributed by atoms with Crippen LogP contribution in [0.3, 0.4) is 0 Å². The van der Waals surface area contributed by atoms with E-state index >= 15 is 0 Å². The van der Waals surface area contributed by atoms with Crippen LogP contribution in [0.2, 0.25) is 5.02 Å². The molecule has 0 aliphatic carbocycles. The molecular weight excluding hydrogens is 236 g/mol. The number of hydrogen-bond acceptors (Lipinski definition) is 2. The highest BCUT2D eigenvalue weighted by Crippen LogP contribution is 2.30. The maximum Gasteiger partial charge on any atom is 0.150 e. The second-order valence-corrected chi connectivity index (χ2v) is 3.97. The first-order valence-electron chi connectivity index (χ1n) is 5.05. The zero-order valence-corrected chi connectivity index (χ0v) is 9.65. The van der Waals surface area contributed by atoms with Gasteiger partial charge in [0.25, 0.3) is 0 Å². The summed E-state index contributed by atoms with van der Waals surface area (Å²) in [6.07, 6.45) is 1.53. The normalized spacial score (nSPS) is 9.94. The molecule has 0 aromatic heterocycles. The Hall–Kier alpha value is -1.93. The zero-order chi connectivity index (χ0) is 12.3. The van der Waals surface area contributed by atoms with Gasteiger partial charge in [0, 0.05) is 21.7 Å². The maximum absolute atomic E-state index is 11.0. The van der Waals surface area contributed by atoms with E-state index in [1.165, 1.54) is 0 Å². The van der Waals surface area contributed by atoms with Crippen molar-refractivity contribution in [3.05, 3.63) is 58.6 Å². The predicted octanol–water partition coefficient (Wildman–Crippen LogP) is 3.63. The minimum Gasteiger partial charge on any atom is -0.298 e. The van der Waals surface area contributed by atoms with E-state index in [-0.39, 0.29) is 0 Å². The molecule has 0 saturated carbocycles. The fourth-order valence-corrected chi connectivity index (χ4v) is 1.89. The average molecular weight is 245 g/mol. The van der Waals surface area contributed by atoms with Crippen molar-refractivity contribution in [2.45, 2.75) is 0 Å². The Morgan fingerprint density at radius 3 is 2.35 bits per heavy atom. The fourth-order valence-electron chi connectivity index (χ4n) is 1.67. The summed E-state index contributed by atoms with van der Waals surface area (Å²) < 4.78 is 0. The molecule has 0 aliphatic heterocycles. The lowest BCUT2D eigenvalue weighted by Crippen LogP contribution is -1.89. The van der Waals surface area contributed by atoms with E-state index in [0.29, 0.717) is 21.7 Å². The highest BCUT2D eigenvalue weighted by atomic mass is 35.5. The molecular formula is C14H9ClO2. The van der Waals surface area contributed by atoms with Gasteiger partial charge in [-0.05, 0) is 17.7 Å². The van der Waals surface area contributed by atoms with Crippen LogP contribution in [0.25, 0.3) is 11.1 Å². The molecule has 0 unspecified atom stereocenters. The van der Waals surface area contributed by atoms with Crippen molar-refractivity contribution in [3.8, 4) is 11.1 Å². The maximum atomic E-state index is 11.0. The van der Waals surface area contributed by atoms with Crippen molar-refractivity contribution < 1.29 is 9.59 Å². The van der Waals surface area contributed by atoms with Gasteiger partial charge in [-0.1, -0.05) is 41.9 Å². The van der Waals surface area contributed by atoms with Crippen LogP contribution in [0.1, 0.15) is 20.7 Å². The molecule has 17 heavy (non-hydrogen) atoms. The second-order valence-electron chi connectivity index (χ2n) is 3.56. The van der Waals surface area contributed by atoms with Crippen molar-refractivity contribution in [1.29, 1.82) is 0 Å². The Labute approximate surface area is 104 Å². The number of rotatable bonds is 3. The van der Waals surface area contributed by atoms with E-state index in [1.54, 1.807) is 36.4 Å². The van der Waals surface area contributed by atoms with Gasteiger partial charge in [-0.25, -0.2) is 0 Å². The molecule has 0 heterocycles. The monoisotopic (exact) mass is 244 g/mol. The number of hydrogen-bond donors (Lipinski definition) is 0. The second kappa shape index (κ2) is 4.93. The van der Waals surface area contributed by atoms with Crippen LogP contribution in [0.15, 0.2) is 42.5 Å². The Balaban J connectivity index is 2.66. The molecule has 0 aliphatic rings. The Morgan fingerprint density at radius 1 is 0.882 bits per heavy atom. The van der Waals surface area contributed by atoms with Gasteiger partial charge in [-0.15, -0.1) is 0 Å². The first-order valence-corrected chi connectivity index (χ1v) is 5.43. The quantitative estimate of drug-likeness (QED) is 0.773. The highest BCUT2D eigenvalue weighted by molar-refractivity contribution is 6.33. The average Bonchev–Trinajstić information content (AvgIpc) is 2.39. The lowest BCUT2D eigenvalue weighted by Gasteiger charge is -2.07. The Bertz CT molecular complexity index is 576. The van der Waals surface area contributed by atoms with Gasteiger partial charge in [0.05, 0.1) is 0 Å². The number of carbonyl (C=O) groups excluding carboxylic acids is 2. The van der Waals surface area contributed by atoms with E-state index in [0.717, 1.165) is 18.1 Å². The number of aldehydes is 2. The zero-order valence-electron chi connectivity index (χ0n) is 8.89. The van der Waals surface area contributed by atoms with E-state index < -0.39 is 0 Å². The first-order chi connectivity index (χ1) is 8.26. The number of halogens is 1. The van der Waals surface area contributed by atoms with Gasteiger partial charge in [0.1, 0.15) is 6.29 Å². The van der Waals surface area contributed by atoms with Crippen LogP contribution in [0.4, 0.5) is 0 Å². The molecule has 3 heteroatoms. The summed E-state index contributed by atoms with van der Waals surface area (Å²) in [4.78, 5) is 21.7. The highest BCUT2D eigenvalue weighted by Gasteiger charge is 2.08. The van der Waals surface area contributed by atoms with Crippen molar-refractivity contribution in [1.82, 2.24) is 0 Å². The van der Waals surface area contributed by atoms with Gasteiger partial charge >= 0.3 is 0 Å². The largest absolute Gasteiger partial charge is 0.298 e. The summed E-state index contributed by atoms with van der Waals surface area (Å²) >= 11 is 6.08. The molecule has 0 fully saturated rings. The van der Waals surface area contributed by atoms with Gasteiger partial charge in [-0.3, -0.25) is 9.59 Å². The SMILES string of the molecule is O=Cc1ccc(Cl)c(-c2ccccc2C=O)c1. The van der Waals surface area contributed by atoms with Crippen molar-refractivity contribution in [2.75, 3.05) is 0 Å². The van der Waals surface area contributed by atoms with Gasteiger partial charge < -0.3 is 0 Å². The smallest absolute Gasteiger partial charge is 0.150 e. The molecule has 2 nitrogen and oxygen atoms in total. The van der Waals surface area contributed by atoms with Crippen LogP contribution in [0.5, 0.6) is 0 Å². The number of benzene rings is 2. The van der Waals surface area contributed by atoms with Crippen molar-refractivity contribution in [3.63, 3.8) is 0 Å². The van der Waals surface area contributed by atoms with E-state index in [4.69, 9.17) is 11.6 Å². The molecule has 0 radical (unpaired) electrons. The summed E-state index contributed by atoms with van der Waals surface area (Å²) in [5.74, 6) is 0. The summed E-state index contributed by atoms with van der Waals surface area (Å²) in [7, 11) is 0. The molecule has 2 aromatic rings. The van der Waals surface area contributed by atoms with Crippen LogP contribution in [-0.2, 0) is 0 Å². The summed E-state index contributed by atoms with van der Waals surface area (Å²) in [6.45, 7) is 0. The molecule has 0 bridgehead atoms. The summed E-state index contributed by atoms with van der Waals surface area (Å²) in [6, 6.07) is 12.1. The third kappa shape index (κ3) is 2.27. The van der Waals surface area contributed by atoms with Crippen LogP contribution >= 0.6 is 11.6 Å². The Morgan fingerprint density at radius 2 is 1.65 bits per heavy atom. The standard InChI is InChI=1S/C14H9ClO2/c15-14-6-5-10(8-16)7-13(14)12-4-2-1-3-11(12)9-17/h1-9H. The fraction of sp³-hybridized carbons (Fsp3) is 0. The summed E-state index contributed by atoms with van der Waals surface area (Å²) in [5.41, 5.74) is 2.51. The minimum absolute atomic E-state index is 0.518. The topological polar surface area (TPSA) is 34.1 Å². The van der Waals surface area contributed by atoms with Crippen molar-refractivity contribution >= 4 is 24.2 Å². The molecule has 84 valence electrons. The van der Waals surface area contributed by atoms with Crippen LogP contribution in [-0.4, -0.2) is 12.6 Å². The Kier molecular flexibility index (Phi) is 3.35. The third-order valence-electron chi connectivity index (χ3n) is 2.50. The predicted molar refractivity (Wildman–Crippen MR) is 67.7 cm³/mol. The molecule has 0 spiro atoms. The lowest BCUT2D eigenvalue weighted by atomic mass is 9.99. The van der Waals surface area contributed by atoms with E-state index in [1.807, 2.05) is 6.07 Å². The lowest BCUT2D eigenvalue weighted by molar-refractivity contribution is 0.111. The van der Waals surface area contributed by atoms with Gasteiger partial charge in [-0.2, -0.15) is 0 Å². The van der Waals surface area contributed by atoms with Crippen LogP contribution < -0.4 is 0 Å². The molecule has 0 saturated heterocycles. The summed E-state index contributed by atoms with van der Waals surface area (Å²) in [5, 5.41) is 0.518. The van der Waals surface area contributed by atoms with E-state index in [2.05, 4.69) is 0 Å². The first kappa shape index (κ1) is 11.6. The molecule has 2 aromatic carbocycles. The number of carbonyl (C=O) groups is 2. The third-order valence-corrected chi connectivity index (χ3v) is 2.83.